The van der Waals surface area contributed by atoms with E-state index in [4.69, 9.17) is 11.6 Å². The second kappa shape index (κ2) is 8.36. The molecule has 5 nitrogen and oxygen atoms in total. The van der Waals surface area contributed by atoms with Gasteiger partial charge in [0.25, 0.3) is 11.8 Å². The smallest absolute Gasteiger partial charge is 0.262 e. The molecule has 1 atom stereocenters. The zero-order valence-corrected chi connectivity index (χ0v) is 17.9. The summed E-state index contributed by atoms with van der Waals surface area (Å²) in [6, 6.07) is 18.6. The summed E-state index contributed by atoms with van der Waals surface area (Å²) in [7, 11) is 0. The lowest BCUT2D eigenvalue weighted by atomic mass is 10.0. The maximum Gasteiger partial charge on any atom is 0.262 e. The highest BCUT2D eigenvalue weighted by atomic mass is 35.5. The summed E-state index contributed by atoms with van der Waals surface area (Å²) in [5.74, 6) is -1.40. The SMILES string of the molecule is Cc1cc(C)c(NC(=O)[C@H](Cc2ccccc2)N2C(=O)c3ccccc3C2=O)c(Cl)c1. The molecule has 31 heavy (non-hydrogen) atoms. The summed E-state index contributed by atoms with van der Waals surface area (Å²) in [6.45, 7) is 3.77. The van der Waals surface area contributed by atoms with Gasteiger partial charge in [-0.2, -0.15) is 0 Å². The van der Waals surface area contributed by atoms with E-state index in [2.05, 4.69) is 5.32 Å². The molecule has 156 valence electrons. The maximum atomic E-state index is 13.4. The number of carbonyl (C=O) groups excluding carboxylic acids is 3. The van der Waals surface area contributed by atoms with E-state index in [1.165, 1.54) is 0 Å². The largest absolute Gasteiger partial charge is 0.323 e. The first kappa shape index (κ1) is 20.8. The van der Waals surface area contributed by atoms with Crippen LogP contribution in [0.15, 0.2) is 66.7 Å². The normalized spacial score (nSPS) is 13.8. The number of fused-ring (bicyclic) bond motifs is 1. The average Bonchev–Trinajstić information content (AvgIpc) is 3.00. The number of amides is 3. The van der Waals surface area contributed by atoms with Gasteiger partial charge < -0.3 is 5.32 Å². The lowest BCUT2D eigenvalue weighted by Gasteiger charge is -2.26. The molecule has 0 saturated heterocycles. The summed E-state index contributed by atoms with van der Waals surface area (Å²) >= 11 is 6.37. The van der Waals surface area contributed by atoms with Crippen LogP contribution in [0.4, 0.5) is 5.69 Å². The Morgan fingerprint density at radius 2 is 1.52 bits per heavy atom. The molecule has 0 aromatic heterocycles. The van der Waals surface area contributed by atoms with Crippen molar-refractivity contribution in [1.29, 1.82) is 0 Å². The van der Waals surface area contributed by atoms with Crippen molar-refractivity contribution in [3.8, 4) is 0 Å². The Bertz CT molecular complexity index is 1130. The minimum atomic E-state index is -1.02. The van der Waals surface area contributed by atoms with Gasteiger partial charge in [-0.05, 0) is 48.7 Å². The molecule has 6 heteroatoms. The molecule has 0 saturated carbocycles. The van der Waals surface area contributed by atoms with Gasteiger partial charge in [0.2, 0.25) is 5.91 Å². The molecule has 0 spiro atoms. The molecular weight excluding hydrogens is 412 g/mol. The monoisotopic (exact) mass is 432 g/mol. The second-order valence-corrected chi connectivity index (χ2v) is 8.07. The third-order valence-corrected chi connectivity index (χ3v) is 5.69. The highest BCUT2D eigenvalue weighted by Gasteiger charge is 2.42. The number of rotatable bonds is 5. The number of carbonyl (C=O) groups is 3. The first-order valence-corrected chi connectivity index (χ1v) is 10.3. The molecule has 3 aromatic carbocycles. The van der Waals surface area contributed by atoms with Crippen molar-refractivity contribution in [2.45, 2.75) is 26.3 Å². The number of halogens is 1. The zero-order valence-electron chi connectivity index (χ0n) is 17.2. The Morgan fingerprint density at radius 3 is 2.10 bits per heavy atom. The van der Waals surface area contributed by atoms with E-state index >= 15 is 0 Å². The highest BCUT2D eigenvalue weighted by molar-refractivity contribution is 6.34. The van der Waals surface area contributed by atoms with Crippen LogP contribution in [-0.4, -0.2) is 28.7 Å². The fourth-order valence-electron chi connectivity index (χ4n) is 3.91. The van der Waals surface area contributed by atoms with Crippen LogP contribution in [0.3, 0.4) is 0 Å². The molecule has 1 aliphatic rings. The number of imide groups is 1. The van der Waals surface area contributed by atoms with Crippen LogP contribution < -0.4 is 5.32 Å². The number of hydrogen-bond donors (Lipinski definition) is 1. The van der Waals surface area contributed by atoms with E-state index in [-0.39, 0.29) is 6.42 Å². The van der Waals surface area contributed by atoms with Gasteiger partial charge in [-0.25, -0.2) is 0 Å². The number of nitrogens with one attached hydrogen (secondary N) is 1. The van der Waals surface area contributed by atoms with Gasteiger partial charge in [0.1, 0.15) is 6.04 Å². The lowest BCUT2D eigenvalue weighted by Crippen LogP contribution is -2.48. The van der Waals surface area contributed by atoms with Crippen molar-refractivity contribution in [3.63, 3.8) is 0 Å². The molecule has 0 bridgehead atoms. The van der Waals surface area contributed by atoms with Crippen molar-refractivity contribution in [2.75, 3.05) is 5.32 Å². The van der Waals surface area contributed by atoms with Crippen LogP contribution in [-0.2, 0) is 11.2 Å². The van der Waals surface area contributed by atoms with Crippen LogP contribution in [0.5, 0.6) is 0 Å². The molecule has 1 heterocycles. The molecule has 3 amide bonds. The van der Waals surface area contributed by atoms with E-state index in [1.54, 1.807) is 30.3 Å². The Kier molecular flexibility index (Phi) is 5.61. The molecule has 3 aromatic rings. The molecule has 4 rings (SSSR count). The van der Waals surface area contributed by atoms with Gasteiger partial charge in [-0.3, -0.25) is 19.3 Å². The summed E-state index contributed by atoms with van der Waals surface area (Å²) in [5, 5.41) is 3.26. The number of anilines is 1. The molecule has 0 aliphatic carbocycles. The van der Waals surface area contributed by atoms with Gasteiger partial charge in [0, 0.05) is 6.42 Å². The third kappa shape index (κ3) is 3.97. The molecule has 1 N–H and O–H groups in total. The number of hydrogen-bond acceptors (Lipinski definition) is 3. The van der Waals surface area contributed by atoms with Gasteiger partial charge in [-0.15, -0.1) is 0 Å². The van der Waals surface area contributed by atoms with Crippen molar-refractivity contribution < 1.29 is 14.4 Å². The predicted octanol–water partition coefficient (Wildman–Crippen LogP) is 4.80. The Labute approximate surface area is 185 Å². The quantitative estimate of drug-likeness (QED) is 0.589. The van der Waals surface area contributed by atoms with Gasteiger partial charge in [-0.1, -0.05) is 60.1 Å². The number of aryl methyl sites for hydroxylation is 2. The Morgan fingerprint density at radius 1 is 0.935 bits per heavy atom. The van der Waals surface area contributed by atoms with Gasteiger partial charge in [0.05, 0.1) is 21.8 Å². The fraction of sp³-hybridized carbons (Fsp3) is 0.160. The first-order valence-electron chi connectivity index (χ1n) is 9.95. The summed E-state index contributed by atoms with van der Waals surface area (Å²) in [6.07, 6.45) is 0.195. The third-order valence-electron chi connectivity index (χ3n) is 5.39. The molecule has 0 unspecified atom stereocenters. The van der Waals surface area contributed by atoms with E-state index < -0.39 is 23.8 Å². The Balaban J connectivity index is 1.71. The molecule has 0 fully saturated rings. The van der Waals surface area contributed by atoms with Crippen molar-refractivity contribution in [3.05, 3.63) is 99.6 Å². The van der Waals surface area contributed by atoms with E-state index in [1.807, 2.05) is 50.2 Å². The predicted molar refractivity (Wildman–Crippen MR) is 120 cm³/mol. The number of benzene rings is 3. The van der Waals surface area contributed by atoms with Gasteiger partial charge in [0.15, 0.2) is 0 Å². The topological polar surface area (TPSA) is 66.5 Å². The summed E-state index contributed by atoms with van der Waals surface area (Å²) in [5.41, 5.74) is 3.71. The van der Waals surface area contributed by atoms with Gasteiger partial charge >= 0.3 is 0 Å². The summed E-state index contributed by atoms with van der Waals surface area (Å²) < 4.78 is 0. The highest BCUT2D eigenvalue weighted by Crippen LogP contribution is 2.30. The van der Waals surface area contributed by atoms with Crippen LogP contribution in [0.1, 0.15) is 37.4 Å². The fourth-order valence-corrected chi connectivity index (χ4v) is 4.28. The van der Waals surface area contributed by atoms with E-state index in [0.717, 1.165) is 21.6 Å². The minimum Gasteiger partial charge on any atom is -0.323 e. The maximum absolute atomic E-state index is 13.4. The van der Waals surface area contributed by atoms with E-state index in [0.29, 0.717) is 21.8 Å². The standard InChI is InChI=1S/C25H21ClN2O3/c1-15-12-16(2)22(20(26)13-15)27-23(29)21(14-17-8-4-3-5-9-17)28-24(30)18-10-6-7-11-19(18)25(28)31/h3-13,21H,14H2,1-2H3,(H,27,29)/t21-/m0/s1. The number of nitrogens with zero attached hydrogens (tertiary/aromatic N) is 1. The van der Waals surface area contributed by atoms with Crippen molar-refractivity contribution in [2.24, 2.45) is 0 Å². The second-order valence-electron chi connectivity index (χ2n) is 7.66. The molecule has 1 aliphatic heterocycles. The van der Waals surface area contributed by atoms with Crippen LogP contribution in [0.2, 0.25) is 5.02 Å². The zero-order chi connectivity index (χ0) is 22.1. The van der Waals surface area contributed by atoms with E-state index in [9.17, 15) is 14.4 Å². The van der Waals surface area contributed by atoms with Crippen LogP contribution in [0.25, 0.3) is 0 Å². The first-order chi connectivity index (χ1) is 14.9. The molecule has 0 radical (unpaired) electrons. The summed E-state index contributed by atoms with van der Waals surface area (Å²) in [4.78, 5) is 40.6. The van der Waals surface area contributed by atoms with Crippen LogP contribution >= 0.6 is 11.6 Å². The lowest BCUT2D eigenvalue weighted by molar-refractivity contribution is -0.119. The van der Waals surface area contributed by atoms with Crippen molar-refractivity contribution in [1.82, 2.24) is 4.90 Å². The van der Waals surface area contributed by atoms with Crippen molar-refractivity contribution >= 4 is 35.0 Å². The van der Waals surface area contributed by atoms with Crippen LogP contribution in [0, 0.1) is 13.8 Å². The average molecular weight is 433 g/mol. The molecular formula is C25H21ClN2O3. The minimum absolute atomic E-state index is 0.195. The Hall–Kier alpha value is -3.44.